The number of halogens is 2. The van der Waals surface area contributed by atoms with Crippen LogP contribution in [0.3, 0.4) is 0 Å². The van der Waals surface area contributed by atoms with Crippen LogP contribution >= 0.6 is 34.5 Å². The molecular formula is C12H9Cl2NO4S2. The maximum atomic E-state index is 12.3. The van der Waals surface area contributed by atoms with Crippen LogP contribution in [0.15, 0.2) is 29.2 Å². The molecule has 2 aromatic rings. The lowest BCUT2D eigenvalue weighted by Crippen LogP contribution is -2.13. The Hall–Kier alpha value is -1.28. The predicted molar refractivity (Wildman–Crippen MR) is 83.3 cm³/mol. The lowest BCUT2D eigenvalue weighted by molar-refractivity contribution is 0.0702. The summed E-state index contributed by atoms with van der Waals surface area (Å²) in [6.45, 7) is 1.53. The number of anilines is 1. The summed E-state index contributed by atoms with van der Waals surface area (Å²) >= 11 is 12.6. The molecule has 0 aliphatic carbocycles. The average Bonchev–Trinajstić information content (AvgIpc) is 2.78. The molecule has 0 bridgehead atoms. The quantitative estimate of drug-likeness (QED) is 0.861. The number of carboxylic acids is 1. The molecule has 1 aromatic heterocycles. The van der Waals surface area contributed by atoms with Gasteiger partial charge in [-0.1, -0.05) is 29.3 Å². The minimum absolute atomic E-state index is 0.0509. The van der Waals surface area contributed by atoms with Crippen molar-refractivity contribution in [1.82, 2.24) is 0 Å². The van der Waals surface area contributed by atoms with Crippen LogP contribution in [-0.2, 0) is 10.0 Å². The molecule has 9 heteroatoms. The van der Waals surface area contributed by atoms with Crippen molar-refractivity contribution in [2.45, 2.75) is 11.8 Å². The molecule has 0 radical (unpaired) electrons. The van der Waals surface area contributed by atoms with Crippen molar-refractivity contribution in [3.05, 3.63) is 44.1 Å². The van der Waals surface area contributed by atoms with E-state index in [0.29, 0.717) is 4.88 Å². The topological polar surface area (TPSA) is 83.5 Å². The van der Waals surface area contributed by atoms with Gasteiger partial charge in [-0.2, -0.15) is 0 Å². The van der Waals surface area contributed by atoms with Crippen LogP contribution in [0.1, 0.15) is 14.5 Å². The summed E-state index contributed by atoms with van der Waals surface area (Å²) in [6, 6.07) is 5.66. The van der Waals surface area contributed by atoms with Gasteiger partial charge in [0.2, 0.25) is 0 Å². The van der Waals surface area contributed by atoms with Crippen molar-refractivity contribution in [3.8, 4) is 0 Å². The second-order valence-electron chi connectivity index (χ2n) is 4.04. The van der Waals surface area contributed by atoms with Gasteiger partial charge in [-0.15, -0.1) is 11.3 Å². The number of hydrogen-bond acceptors (Lipinski definition) is 4. The predicted octanol–water partition coefficient (Wildman–Crippen LogP) is 3.86. The second kappa shape index (κ2) is 5.84. The molecule has 0 saturated carbocycles. The molecule has 0 spiro atoms. The van der Waals surface area contributed by atoms with E-state index in [-0.39, 0.29) is 25.5 Å². The fourth-order valence-corrected chi connectivity index (χ4v) is 4.53. The molecule has 0 aliphatic heterocycles. The summed E-state index contributed by atoms with van der Waals surface area (Å²) in [6.07, 6.45) is 0. The molecule has 21 heavy (non-hydrogen) atoms. The molecule has 112 valence electrons. The van der Waals surface area contributed by atoms with Gasteiger partial charge in [0, 0.05) is 4.88 Å². The summed E-state index contributed by atoms with van der Waals surface area (Å²) in [5.41, 5.74) is 0.131. The highest BCUT2D eigenvalue weighted by molar-refractivity contribution is 7.93. The minimum atomic E-state index is -3.94. The van der Waals surface area contributed by atoms with Gasteiger partial charge in [-0.3, -0.25) is 4.72 Å². The highest BCUT2D eigenvalue weighted by Crippen LogP contribution is 2.33. The number of thiophene rings is 1. The summed E-state index contributed by atoms with van der Waals surface area (Å²) in [5.74, 6) is -1.18. The van der Waals surface area contributed by atoms with Crippen LogP contribution in [0.5, 0.6) is 0 Å². The Bertz CT molecular complexity index is 815. The first kappa shape index (κ1) is 16.1. The van der Waals surface area contributed by atoms with E-state index < -0.39 is 16.0 Å². The van der Waals surface area contributed by atoms with Crippen molar-refractivity contribution < 1.29 is 18.3 Å². The number of aromatic carboxylic acids is 1. The van der Waals surface area contributed by atoms with Crippen molar-refractivity contribution in [2.24, 2.45) is 0 Å². The number of rotatable bonds is 4. The van der Waals surface area contributed by atoms with E-state index in [9.17, 15) is 13.2 Å². The fraction of sp³-hybridized carbons (Fsp3) is 0.0833. The van der Waals surface area contributed by atoms with Crippen molar-refractivity contribution in [1.29, 1.82) is 0 Å². The molecule has 0 aliphatic rings. The largest absolute Gasteiger partial charge is 0.477 e. The zero-order chi connectivity index (χ0) is 15.8. The van der Waals surface area contributed by atoms with Gasteiger partial charge in [0.15, 0.2) is 0 Å². The third kappa shape index (κ3) is 3.32. The monoisotopic (exact) mass is 365 g/mol. The maximum Gasteiger partial charge on any atom is 0.345 e. The fourth-order valence-electron chi connectivity index (χ4n) is 1.62. The molecule has 0 unspecified atom stereocenters. The number of carbonyl (C=O) groups is 1. The maximum absolute atomic E-state index is 12.3. The Balaban J connectivity index is 2.43. The van der Waals surface area contributed by atoms with E-state index in [0.717, 1.165) is 17.4 Å². The lowest BCUT2D eigenvalue weighted by atomic mass is 10.3. The Morgan fingerprint density at radius 3 is 2.57 bits per heavy atom. The highest BCUT2D eigenvalue weighted by atomic mass is 35.5. The first-order valence-corrected chi connectivity index (χ1v) is 8.58. The van der Waals surface area contributed by atoms with Gasteiger partial charge < -0.3 is 5.11 Å². The van der Waals surface area contributed by atoms with Crippen LogP contribution in [0.4, 0.5) is 5.69 Å². The van der Waals surface area contributed by atoms with Gasteiger partial charge in [-0.25, -0.2) is 13.2 Å². The molecule has 2 N–H and O–H groups in total. The van der Waals surface area contributed by atoms with Gasteiger partial charge >= 0.3 is 5.97 Å². The van der Waals surface area contributed by atoms with Crippen LogP contribution in [-0.4, -0.2) is 19.5 Å². The first-order valence-electron chi connectivity index (χ1n) is 5.53. The third-order valence-electron chi connectivity index (χ3n) is 2.57. The number of aryl methyl sites for hydroxylation is 1. The van der Waals surface area contributed by atoms with E-state index in [4.69, 9.17) is 28.3 Å². The molecule has 0 atom stereocenters. The Labute approximate surface area is 135 Å². The van der Waals surface area contributed by atoms with Crippen LogP contribution < -0.4 is 4.72 Å². The molecule has 0 fully saturated rings. The van der Waals surface area contributed by atoms with Gasteiger partial charge in [-0.05, 0) is 25.1 Å². The first-order chi connectivity index (χ1) is 9.72. The van der Waals surface area contributed by atoms with Gasteiger partial charge in [0.25, 0.3) is 10.0 Å². The smallest absolute Gasteiger partial charge is 0.345 e. The lowest BCUT2D eigenvalue weighted by Gasteiger charge is -2.09. The molecule has 1 heterocycles. The molecule has 5 nitrogen and oxygen atoms in total. The van der Waals surface area contributed by atoms with E-state index in [1.54, 1.807) is 6.07 Å². The average molecular weight is 366 g/mol. The van der Waals surface area contributed by atoms with E-state index >= 15 is 0 Å². The normalized spacial score (nSPS) is 11.4. The van der Waals surface area contributed by atoms with Crippen LogP contribution in [0.2, 0.25) is 10.0 Å². The molecular weight excluding hydrogens is 357 g/mol. The minimum Gasteiger partial charge on any atom is -0.477 e. The van der Waals surface area contributed by atoms with E-state index in [2.05, 4.69) is 4.72 Å². The van der Waals surface area contributed by atoms with Crippen molar-refractivity contribution in [3.63, 3.8) is 0 Å². The Morgan fingerprint density at radius 1 is 1.33 bits per heavy atom. The van der Waals surface area contributed by atoms with Gasteiger partial charge in [0.1, 0.15) is 9.77 Å². The number of hydrogen-bond donors (Lipinski definition) is 2. The Kier molecular flexibility index (Phi) is 4.48. The van der Waals surface area contributed by atoms with Crippen LogP contribution in [0, 0.1) is 6.92 Å². The van der Waals surface area contributed by atoms with Crippen molar-refractivity contribution in [2.75, 3.05) is 4.72 Å². The molecule has 2 rings (SSSR count). The Morgan fingerprint density at radius 2 is 2.00 bits per heavy atom. The summed E-state index contributed by atoms with van der Waals surface area (Å²) in [7, 11) is -3.94. The number of sulfonamides is 1. The number of benzene rings is 1. The van der Waals surface area contributed by atoms with E-state index in [1.807, 2.05) is 0 Å². The molecule has 0 saturated heterocycles. The highest BCUT2D eigenvalue weighted by Gasteiger charge is 2.23. The second-order valence-corrected chi connectivity index (χ2v) is 7.74. The molecule has 0 amide bonds. The SMILES string of the molecule is Cc1sc(C(=O)O)cc1S(=O)(=O)Nc1cccc(Cl)c1Cl. The summed E-state index contributed by atoms with van der Waals surface area (Å²) in [4.78, 5) is 11.1. The molecule has 1 aromatic carbocycles. The van der Waals surface area contributed by atoms with E-state index in [1.165, 1.54) is 19.1 Å². The van der Waals surface area contributed by atoms with Gasteiger partial charge in [0.05, 0.1) is 15.7 Å². The number of carboxylic acid groups (broad SMARTS) is 1. The summed E-state index contributed by atoms with van der Waals surface area (Å²) in [5, 5.41) is 9.21. The zero-order valence-corrected chi connectivity index (χ0v) is 13.7. The van der Waals surface area contributed by atoms with Crippen LogP contribution in [0.25, 0.3) is 0 Å². The number of nitrogens with one attached hydrogen (secondary N) is 1. The standard InChI is InChI=1S/C12H9Cl2NO4S2/c1-6-10(5-9(20-6)12(16)17)21(18,19)15-8-4-2-3-7(13)11(8)14/h2-5,15H,1H3,(H,16,17). The van der Waals surface area contributed by atoms with Crippen molar-refractivity contribution >= 4 is 56.2 Å². The third-order valence-corrected chi connectivity index (χ3v) is 6.05. The summed E-state index contributed by atoms with van der Waals surface area (Å²) < 4.78 is 27.0. The zero-order valence-electron chi connectivity index (χ0n) is 10.6.